The summed E-state index contributed by atoms with van der Waals surface area (Å²) in [4.78, 5) is 5.87. The van der Waals surface area contributed by atoms with Crippen LogP contribution in [0.2, 0.25) is 0 Å². The Labute approximate surface area is 92.1 Å². The largest absolute Gasteiger partial charge is 0.417 e. The topological polar surface area (TPSA) is 16.1 Å². The van der Waals surface area contributed by atoms with Crippen molar-refractivity contribution < 1.29 is 13.2 Å². The molecule has 1 aromatic rings. The zero-order valence-electron chi connectivity index (χ0n) is 9.01. The van der Waals surface area contributed by atoms with Crippen LogP contribution in [0.3, 0.4) is 0 Å². The Hall–Kier alpha value is -1.26. The van der Waals surface area contributed by atoms with E-state index in [1.807, 2.05) is 11.8 Å². The number of nitrogens with zero attached hydrogens (tertiary/aromatic N) is 2. The number of aromatic nitrogens is 1. The molecule has 0 spiro atoms. The lowest BCUT2D eigenvalue weighted by Crippen LogP contribution is -2.30. The molecular formula is C11H13F3N2. The number of aryl methyl sites for hydroxylation is 1. The second-order valence-corrected chi connectivity index (χ2v) is 3.87. The van der Waals surface area contributed by atoms with E-state index >= 15 is 0 Å². The van der Waals surface area contributed by atoms with E-state index in [1.165, 1.54) is 6.07 Å². The molecule has 1 aliphatic rings. The van der Waals surface area contributed by atoms with Gasteiger partial charge in [0.2, 0.25) is 0 Å². The summed E-state index contributed by atoms with van der Waals surface area (Å²) in [7, 11) is 0. The maximum Gasteiger partial charge on any atom is 0.417 e. The summed E-state index contributed by atoms with van der Waals surface area (Å²) in [5.41, 5.74) is 0.760. The first kappa shape index (κ1) is 11.2. The highest BCUT2D eigenvalue weighted by molar-refractivity contribution is 5.54. The van der Waals surface area contributed by atoms with E-state index in [9.17, 15) is 13.2 Å². The molecule has 0 saturated carbocycles. The number of fused-ring (bicyclic) bond motifs is 1. The molecule has 1 aliphatic heterocycles. The molecular weight excluding hydrogens is 217 g/mol. The van der Waals surface area contributed by atoms with E-state index in [0.717, 1.165) is 37.8 Å². The number of rotatable bonds is 1. The van der Waals surface area contributed by atoms with Crippen LogP contribution in [0.15, 0.2) is 12.3 Å². The number of hydrogen-bond donors (Lipinski definition) is 0. The molecule has 0 aliphatic carbocycles. The lowest BCUT2D eigenvalue weighted by Gasteiger charge is -2.29. The fourth-order valence-corrected chi connectivity index (χ4v) is 1.99. The highest BCUT2D eigenvalue weighted by Gasteiger charge is 2.32. The van der Waals surface area contributed by atoms with Gasteiger partial charge in [0, 0.05) is 19.3 Å². The minimum Gasteiger partial charge on any atom is -0.370 e. The molecule has 2 nitrogen and oxygen atoms in total. The number of anilines is 1. The SMILES string of the molecule is CCN1CCCc2ncc(C(F)(F)F)cc21. The van der Waals surface area contributed by atoms with Gasteiger partial charge in [0.05, 0.1) is 16.9 Å². The van der Waals surface area contributed by atoms with Crippen LogP contribution in [0.25, 0.3) is 0 Å². The quantitative estimate of drug-likeness (QED) is 0.737. The van der Waals surface area contributed by atoms with Crippen molar-refractivity contribution in [3.05, 3.63) is 23.5 Å². The van der Waals surface area contributed by atoms with Gasteiger partial charge in [-0.2, -0.15) is 13.2 Å². The highest BCUT2D eigenvalue weighted by Crippen LogP contribution is 2.34. The standard InChI is InChI=1S/C11H13F3N2/c1-2-16-5-3-4-9-10(16)6-8(7-15-9)11(12,13)14/h6-7H,2-5H2,1H3. The molecule has 0 amide bonds. The van der Waals surface area contributed by atoms with Crippen molar-refractivity contribution in [3.8, 4) is 0 Å². The van der Waals surface area contributed by atoms with Crippen LogP contribution in [0.1, 0.15) is 24.6 Å². The van der Waals surface area contributed by atoms with Crippen molar-refractivity contribution in [2.45, 2.75) is 25.9 Å². The minimum atomic E-state index is -4.31. The second-order valence-electron chi connectivity index (χ2n) is 3.87. The molecule has 0 aromatic carbocycles. The van der Waals surface area contributed by atoms with Crippen LogP contribution in [-0.2, 0) is 12.6 Å². The van der Waals surface area contributed by atoms with E-state index in [1.54, 1.807) is 0 Å². The van der Waals surface area contributed by atoms with Crippen LogP contribution in [0, 0.1) is 0 Å². The summed E-state index contributed by atoms with van der Waals surface area (Å²) in [5, 5.41) is 0. The first-order chi connectivity index (χ1) is 7.52. The summed E-state index contributed by atoms with van der Waals surface area (Å²) >= 11 is 0. The van der Waals surface area contributed by atoms with Crippen LogP contribution < -0.4 is 4.90 Å². The van der Waals surface area contributed by atoms with Gasteiger partial charge in [-0.3, -0.25) is 4.98 Å². The molecule has 0 saturated heterocycles. The molecule has 0 bridgehead atoms. The van der Waals surface area contributed by atoms with Gasteiger partial charge in [-0.1, -0.05) is 0 Å². The Morgan fingerprint density at radius 2 is 2.19 bits per heavy atom. The number of alkyl halides is 3. The van der Waals surface area contributed by atoms with Gasteiger partial charge in [-0.05, 0) is 25.8 Å². The molecule has 0 radical (unpaired) electrons. The first-order valence-corrected chi connectivity index (χ1v) is 5.33. The summed E-state index contributed by atoms with van der Waals surface area (Å²) in [5.74, 6) is 0. The van der Waals surface area contributed by atoms with Crippen LogP contribution >= 0.6 is 0 Å². The molecule has 16 heavy (non-hydrogen) atoms. The molecule has 0 N–H and O–H groups in total. The van der Waals surface area contributed by atoms with Crippen molar-refractivity contribution in [3.63, 3.8) is 0 Å². The fourth-order valence-electron chi connectivity index (χ4n) is 1.99. The Morgan fingerprint density at radius 3 is 2.81 bits per heavy atom. The molecule has 88 valence electrons. The smallest absolute Gasteiger partial charge is 0.370 e. The lowest BCUT2D eigenvalue weighted by atomic mass is 10.1. The van der Waals surface area contributed by atoms with E-state index < -0.39 is 11.7 Å². The molecule has 0 fully saturated rings. The van der Waals surface area contributed by atoms with Gasteiger partial charge in [0.15, 0.2) is 0 Å². The summed E-state index contributed by atoms with van der Waals surface area (Å²) in [6.07, 6.45) is -1.65. The van der Waals surface area contributed by atoms with E-state index in [2.05, 4.69) is 4.98 Å². The van der Waals surface area contributed by atoms with E-state index in [4.69, 9.17) is 0 Å². The summed E-state index contributed by atoms with van der Waals surface area (Å²) in [6, 6.07) is 1.21. The lowest BCUT2D eigenvalue weighted by molar-refractivity contribution is -0.137. The maximum absolute atomic E-state index is 12.5. The summed E-state index contributed by atoms with van der Waals surface area (Å²) in [6.45, 7) is 3.47. The number of halogens is 3. The highest BCUT2D eigenvalue weighted by atomic mass is 19.4. The normalized spacial score (nSPS) is 16.1. The average molecular weight is 230 g/mol. The first-order valence-electron chi connectivity index (χ1n) is 5.33. The molecule has 0 atom stereocenters. The van der Waals surface area contributed by atoms with Gasteiger partial charge >= 0.3 is 6.18 Å². The maximum atomic E-state index is 12.5. The van der Waals surface area contributed by atoms with E-state index in [-0.39, 0.29) is 0 Å². The predicted octanol–water partition coefficient (Wildman–Crippen LogP) is 2.87. The van der Waals surface area contributed by atoms with Crippen molar-refractivity contribution in [1.29, 1.82) is 0 Å². The van der Waals surface area contributed by atoms with Crippen molar-refractivity contribution in [2.75, 3.05) is 18.0 Å². The van der Waals surface area contributed by atoms with Crippen molar-refractivity contribution in [1.82, 2.24) is 4.98 Å². The van der Waals surface area contributed by atoms with Gasteiger partial charge in [0.1, 0.15) is 0 Å². The monoisotopic (exact) mass is 230 g/mol. The van der Waals surface area contributed by atoms with Gasteiger partial charge in [-0.15, -0.1) is 0 Å². The van der Waals surface area contributed by atoms with Crippen LogP contribution in [0.4, 0.5) is 18.9 Å². The Kier molecular flexibility index (Phi) is 2.78. The zero-order valence-corrected chi connectivity index (χ0v) is 9.01. The fraction of sp³-hybridized carbons (Fsp3) is 0.545. The molecule has 5 heteroatoms. The molecule has 2 heterocycles. The van der Waals surface area contributed by atoms with Crippen LogP contribution in [0.5, 0.6) is 0 Å². The number of hydrogen-bond acceptors (Lipinski definition) is 2. The summed E-state index contributed by atoms with van der Waals surface area (Å²) < 4.78 is 37.6. The Morgan fingerprint density at radius 1 is 1.44 bits per heavy atom. The van der Waals surface area contributed by atoms with Crippen molar-refractivity contribution >= 4 is 5.69 Å². The minimum absolute atomic E-state index is 0.642. The number of pyridine rings is 1. The third-order valence-corrected chi connectivity index (χ3v) is 2.84. The molecule has 2 rings (SSSR count). The second kappa shape index (κ2) is 3.96. The molecule has 1 aromatic heterocycles. The van der Waals surface area contributed by atoms with Gasteiger partial charge in [0.25, 0.3) is 0 Å². The molecule has 0 unspecified atom stereocenters. The van der Waals surface area contributed by atoms with Crippen molar-refractivity contribution in [2.24, 2.45) is 0 Å². The zero-order chi connectivity index (χ0) is 11.8. The third kappa shape index (κ3) is 1.99. The van der Waals surface area contributed by atoms with E-state index in [0.29, 0.717) is 5.69 Å². The third-order valence-electron chi connectivity index (χ3n) is 2.84. The average Bonchev–Trinajstić information content (AvgIpc) is 2.26. The predicted molar refractivity (Wildman–Crippen MR) is 55.4 cm³/mol. The van der Waals surface area contributed by atoms with Gasteiger partial charge in [-0.25, -0.2) is 0 Å². The Bertz CT molecular complexity index is 387. The van der Waals surface area contributed by atoms with Gasteiger partial charge < -0.3 is 4.90 Å². The van der Waals surface area contributed by atoms with Crippen LogP contribution in [-0.4, -0.2) is 18.1 Å². The Balaban J connectivity index is 2.43.